The molecule has 1 aromatic rings. The van der Waals surface area contributed by atoms with E-state index in [1.165, 1.54) is 0 Å². The van der Waals surface area contributed by atoms with E-state index in [0.717, 1.165) is 25.1 Å². The molecule has 0 saturated heterocycles. The fourth-order valence-corrected chi connectivity index (χ4v) is 1.20. The molecule has 1 rings (SSSR count). The normalized spacial score (nSPS) is 10.0. The van der Waals surface area contributed by atoms with E-state index in [9.17, 15) is 4.79 Å². The number of rotatable bonds is 5. The maximum absolute atomic E-state index is 11.4. The van der Waals surface area contributed by atoms with Crippen LogP contribution >= 0.6 is 0 Å². The molecule has 1 heterocycles. The second-order valence-corrected chi connectivity index (χ2v) is 3.48. The fourth-order valence-electron chi connectivity index (χ4n) is 1.20. The van der Waals surface area contributed by atoms with E-state index in [4.69, 9.17) is 4.42 Å². The van der Waals surface area contributed by atoms with Gasteiger partial charge in [-0.25, -0.2) is 4.79 Å². The van der Waals surface area contributed by atoms with Crippen LogP contribution in [-0.2, 0) is 6.42 Å². The standard InChI is InChI=1S/C11H18N2O2/c1-3-7-12-11(14)13(2)8-6-10-5-4-9-15-10/h4-5,9H,3,6-8H2,1-2H3,(H,12,14). The average molecular weight is 210 g/mol. The summed E-state index contributed by atoms with van der Waals surface area (Å²) in [6, 6.07) is 3.74. The number of likely N-dealkylation sites (N-methyl/N-ethyl adjacent to an activating group) is 1. The molecule has 0 bridgehead atoms. The van der Waals surface area contributed by atoms with E-state index < -0.39 is 0 Å². The van der Waals surface area contributed by atoms with Gasteiger partial charge in [-0.05, 0) is 18.6 Å². The smallest absolute Gasteiger partial charge is 0.317 e. The quantitative estimate of drug-likeness (QED) is 0.806. The average Bonchev–Trinajstić information content (AvgIpc) is 2.75. The Morgan fingerprint density at radius 2 is 2.40 bits per heavy atom. The van der Waals surface area contributed by atoms with Crippen LogP contribution in [0.1, 0.15) is 19.1 Å². The highest BCUT2D eigenvalue weighted by Gasteiger charge is 2.07. The number of hydrogen-bond donors (Lipinski definition) is 1. The van der Waals surface area contributed by atoms with E-state index in [1.807, 2.05) is 19.1 Å². The van der Waals surface area contributed by atoms with Gasteiger partial charge >= 0.3 is 6.03 Å². The number of carbonyl (C=O) groups is 1. The molecule has 4 heteroatoms. The van der Waals surface area contributed by atoms with Gasteiger partial charge in [0.1, 0.15) is 5.76 Å². The Morgan fingerprint density at radius 1 is 1.60 bits per heavy atom. The first-order chi connectivity index (χ1) is 7.24. The maximum Gasteiger partial charge on any atom is 0.317 e. The van der Waals surface area contributed by atoms with Crippen molar-refractivity contribution in [3.8, 4) is 0 Å². The molecule has 0 unspecified atom stereocenters. The Kier molecular flexibility index (Phi) is 4.74. The molecule has 0 aromatic carbocycles. The highest BCUT2D eigenvalue weighted by atomic mass is 16.3. The number of carbonyl (C=O) groups excluding carboxylic acids is 1. The molecule has 0 saturated carbocycles. The zero-order valence-electron chi connectivity index (χ0n) is 9.32. The van der Waals surface area contributed by atoms with Crippen molar-refractivity contribution in [2.75, 3.05) is 20.1 Å². The summed E-state index contributed by atoms with van der Waals surface area (Å²) >= 11 is 0. The summed E-state index contributed by atoms with van der Waals surface area (Å²) < 4.78 is 5.19. The Balaban J connectivity index is 2.23. The lowest BCUT2D eigenvalue weighted by Gasteiger charge is -2.16. The van der Waals surface area contributed by atoms with Gasteiger partial charge in [-0.2, -0.15) is 0 Å². The lowest BCUT2D eigenvalue weighted by atomic mass is 10.3. The minimum atomic E-state index is -0.0246. The highest BCUT2D eigenvalue weighted by Crippen LogP contribution is 2.01. The summed E-state index contributed by atoms with van der Waals surface area (Å²) in [5.41, 5.74) is 0. The minimum Gasteiger partial charge on any atom is -0.469 e. The van der Waals surface area contributed by atoms with Gasteiger partial charge in [-0.1, -0.05) is 6.92 Å². The Bertz CT molecular complexity index is 283. The molecular weight excluding hydrogens is 192 g/mol. The van der Waals surface area contributed by atoms with Crippen molar-refractivity contribution in [1.82, 2.24) is 10.2 Å². The predicted molar refractivity (Wildman–Crippen MR) is 58.7 cm³/mol. The van der Waals surface area contributed by atoms with Crippen LogP contribution in [0, 0.1) is 0 Å². The van der Waals surface area contributed by atoms with Crippen molar-refractivity contribution >= 4 is 6.03 Å². The van der Waals surface area contributed by atoms with Gasteiger partial charge < -0.3 is 14.6 Å². The summed E-state index contributed by atoms with van der Waals surface area (Å²) in [5.74, 6) is 0.908. The lowest BCUT2D eigenvalue weighted by molar-refractivity contribution is 0.208. The zero-order chi connectivity index (χ0) is 11.1. The molecule has 15 heavy (non-hydrogen) atoms. The Morgan fingerprint density at radius 3 is 3.00 bits per heavy atom. The topological polar surface area (TPSA) is 45.5 Å². The summed E-state index contributed by atoms with van der Waals surface area (Å²) in [6.07, 6.45) is 3.35. The van der Waals surface area contributed by atoms with E-state index in [2.05, 4.69) is 5.32 Å². The van der Waals surface area contributed by atoms with Gasteiger partial charge in [0.05, 0.1) is 6.26 Å². The first-order valence-electron chi connectivity index (χ1n) is 5.25. The second kappa shape index (κ2) is 6.11. The van der Waals surface area contributed by atoms with Gasteiger partial charge in [0.15, 0.2) is 0 Å². The van der Waals surface area contributed by atoms with Gasteiger partial charge in [0.2, 0.25) is 0 Å². The van der Waals surface area contributed by atoms with Crippen LogP contribution in [0.25, 0.3) is 0 Å². The summed E-state index contributed by atoms with van der Waals surface area (Å²) in [6.45, 7) is 3.43. The summed E-state index contributed by atoms with van der Waals surface area (Å²) in [7, 11) is 1.79. The number of amides is 2. The van der Waals surface area contributed by atoms with Crippen LogP contribution in [0.5, 0.6) is 0 Å². The number of nitrogens with zero attached hydrogens (tertiary/aromatic N) is 1. The number of furan rings is 1. The fraction of sp³-hybridized carbons (Fsp3) is 0.545. The molecule has 0 aliphatic heterocycles. The Labute approximate surface area is 90.3 Å². The lowest BCUT2D eigenvalue weighted by Crippen LogP contribution is -2.38. The van der Waals surface area contributed by atoms with Crippen LogP contribution in [0.4, 0.5) is 4.79 Å². The molecular formula is C11H18N2O2. The number of nitrogens with one attached hydrogen (secondary N) is 1. The molecule has 0 aliphatic rings. The molecule has 0 radical (unpaired) electrons. The van der Waals surface area contributed by atoms with Crippen LogP contribution in [0.15, 0.2) is 22.8 Å². The SMILES string of the molecule is CCCNC(=O)N(C)CCc1ccco1. The van der Waals surface area contributed by atoms with E-state index >= 15 is 0 Å². The molecule has 1 N–H and O–H groups in total. The van der Waals surface area contributed by atoms with E-state index in [-0.39, 0.29) is 6.03 Å². The largest absolute Gasteiger partial charge is 0.469 e. The summed E-state index contributed by atoms with van der Waals surface area (Å²) in [5, 5.41) is 2.82. The molecule has 84 valence electrons. The maximum atomic E-state index is 11.4. The molecule has 4 nitrogen and oxygen atoms in total. The third-order valence-corrected chi connectivity index (χ3v) is 2.15. The van der Waals surface area contributed by atoms with Crippen molar-refractivity contribution < 1.29 is 9.21 Å². The van der Waals surface area contributed by atoms with Gasteiger partial charge in [-0.3, -0.25) is 0 Å². The zero-order valence-corrected chi connectivity index (χ0v) is 9.32. The van der Waals surface area contributed by atoms with Crippen molar-refractivity contribution in [3.63, 3.8) is 0 Å². The third kappa shape index (κ3) is 4.06. The van der Waals surface area contributed by atoms with Crippen molar-refractivity contribution in [2.45, 2.75) is 19.8 Å². The van der Waals surface area contributed by atoms with Crippen LogP contribution in [0.2, 0.25) is 0 Å². The number of hydrogen-bond acceptors (Lipinski definition) is 2. The third-order valence-electron chi connectivity index (χ3n) is 2.15. The first kappa shape index (κ1) is 11.6. The highest BCUT2D eigenvalue weighted by molar-refractivity contribution is 5.73. The van der Waals surface area contributed by atoms with Gasteiger partial charge in [0.25, 0.3) is 0 Å². The second-order valence-electron chi connectivity index (χ2n) is 3.48. The molecule has 0 atom stereocenters. The molecule has 0 aliphatic carbocycles. The van der Waals surface area contributed by atoms with E-state index in [1.54, 1.807) is 18.2 Å². The molecule has 0 spiro atoms. The monoisotopic (exact) mass is 210 g/mol. The molecule has 0 fully saturated rings. The van der Waals surface area contributed by atoms with E-state index in [0.29, 0.717) is 6.54 Å². The van der Waals surface area contributed by atoms with Crippen molar-refractivity contribution in [1.29, 1.82) is 0 Å². The first-order valence-corrected chi connectivity index (χ1v) is 5.25. The van der Waals surface area contributed by atoms with Crippen molar-refractivity contribution in [3.05, 3.63) is 24.2 Å². The van der Waals surface area contributed by atoms with Crippen LogP contribution < -0.4 is 5.32 Å². The van der Waals surface area contributed by atoms with Gasteiger partial charge in [-0.15, -0.1) is 0 Å². The Hall–Kier alpha value is -1.45. The van der Waals surface area contributed by atoms with Crippen LogP contribution in [-0.4, -0.2) is 31.1 Å². The van der Waals surface area contributed by atoms with Gasteiger partial charge in [0, 0.05) is 26.6 Å². The minimum absolute atomic E-state index is 0.0246. The summed E-state index contributed by atoms with van der Waals surface area (Å²) in [4.78, 5) is 13.1. The predicted octanol–water partition coefficient (Wildman–Crippen LogP) is 1.87. The number of urea groups is 1. The molecule has 2 amide bonds. The van der Waals surface area contributed by atoms with Crippen molar-refractivity contribution in [2.24, 2.45) is 0 Å². The molecule has 1 aromatic heterocycles. The van der Waals surface area contributed by atoms with Crippen LogP contribution in [0.3, 0.4) is 0 Å².